The van der Waals surface area contributed by atoms with Crippen molar-refractivity contribution in [1.82, 2.24) is 15.2 Å². The maximum atomic E-state index is 13.3. The van der Waals surface area contributed by atoms with E-state index < -0.39 is 0 Å². The maximum Gasteiger partial charge on any atom is 0.279 e. The number of carbonyl (C=O) groups excluding carboxylic acids is 1. The van der Waals surface area contributed by atoms with Gasteiger partial charge in [0.1, 0.15) is 11.6 Å². The zero-order valence-electron chi connectivity index (χ0n) is 16.8. The molecule has 156 valence electrons. The average molecular weight is 426 g/mol. The number of benzene rings is 2. The average Bonchev–Trinajstić information content (AvgIpc) is 3.24. The molecule has 2 aliphatic heterocycles. The molecule has 0 aliphatic carbocycles. The van der Waals surface area contributed by atoms with E-state index in [0.29, 0.717) is 29.1 Å². The first-order valence-electron chi connectivity index (χ1n) is 10.4. The zero-order valence-corrected chi connectivity index (χ0v) is 17.6. The number of ether oxygens (including phenoxy) is 1. The van der Waals surface area contributed by atoms with Gasteiger partial charge in [0.25, 0.3) is 5.19 Å². The molecule has 0 radical (unpaired) electrons. The predicted octanol–water partition coefficient (Wildman–Crippen LogP) is 4.86. The van der Waals surface area contributed by atoms with Crippen LogP contribution in [-0.2, 0) is 11.3 Å². The fourth-order valence-corrected chi connectivity index (χ4v) is 5.68. The number of fused-ring (bicyclic) bond motifs is 3. The lowest BCUT2D eigenvalue weighted by Gasteiger charge is -2.38. The molecule has 0 saturated carbocycles. The van der Waals surface area contributed by atoms with E-state index in [9.17, 15) is 9.18 Å². The second-order valence-corrected chi connectivity index (χ2v) is 9.19. The topological polar surface area (TPSA) is 54.5 Å². The van der Waals surface area contributed by atoms with Crippen LogP contribution in [0.5, 0.6) is 10.9 Å². The number of hydrogen-bond donors (Lipinski definition) is 1. The lowest BCUT2D eigenvalue weighted by Crippen LogP contribution is -2.50. The predicted molar refractivity (Wildman–Crippen MR) is 115 cm³/mol. The molecule has 1 unspecified atom stereocenters. The number of nitrogens with one attached hydrogen (secondary N) is 1. The Balaban J connectivity index is 1.17. The summed E-state index contributed by atoms with van der Waals surface area (Å²) < 4.78 is 20.0. The third kappa shape index (κ3) is 3.91. The van der Waals surface area contributed by atoms with Gasteiger partial charge in [-0.2, -0.15) is 0 Å². The lowest BCUT2D eigenvalue weighted by molar-refractivity contribution is -0.133. The van der Waals surface area contributed by atoms with Crippen LogP contribution in [0.1, 0.15) is 38.2 Å². The summed E-state index contributed by atoms with van der Waals surface area (Å²) in [6.45, 7) is 2.49. The molecule has 2 fully saturated rings. The number of hydrogen-bond acceptors (Lipinski definition) is 5. The van der Waals surface area contributed by atoms with Gasteiger partial charge in [0.05, 0.1) is 10.2 Å². The number of carbonyl (C=O) groups is 1. The van der Waals surface area contributed by atoms with Crippen molar-refractivity contribution in [3.63, 3.8) is 0 Å². The molecule has 1 N–H and O–H groups in total. The molecule has 2 aromatic carbocycles. The van der Waals surface area contributed by atoms with Crippen LogP contribution in [0.4, 0.5) is 4.39 Å². The summed E-state index contributed by atoms with van der Waals surface area (Å²) in [6.07, 6.45) is 4.34. The third-order valence-corrected chi connectivity index (χ3v) is 7.05. The molecule has 5 nitrogen and oxygen atoms in total. The summed E-state index contributed by atoms with van der Waals surface area (Å²) in [4.78, 5) is 18.3. The van der Waals surface area contributed by atoms with Crippen LogP contribution in [0.15, 0.2) is 42.5 Å². The number of nitrogens with zero attached hydrogens (tertiary/aromatic N) is 2. The van der Waals surface area contributed by atoms with Gasteiger partial charge < -0.3 is 15.0 Å². The maximum absolute atomic E-state index is 13.3. The molecule has 3 aromatic rings. The SMILES string of the molecule is CC(=O)N1[C@@H]2CC[C@H]1CC(NCc1ccc(Oc3nc4ccc(F)cc4s3)cc1)C2. The van der Waals surface area contributed by atoms with Crippen molar-refractivity contribution >= 4 is 27.5 Å². The van der Waals surface area contributed by atoms with E-state index in [0.717, 1.165) is 42.4 Å². The molecule has 5 rings (SSSR count). The summed E-state index contributed by atoms with van der Waals surface area (Å²) in [5, 5.41) is 4.17. The highest BCUT2D eigenvalue weighted by molar-refractivity contribution is 7.20. The Morgan fingerprint density at radius 3 is 2.63 bits per heavy atom. The first-order valence-corrected chi connectivity index (χ1v) is 11.2. The van der Waals surface area contributed by atoms with Gasteiger partial charge >= 0.3 is 0 Å². The number of thiazole rings is 1. The van der Waals surface area contributed by atoms with E-state index in [1.54, 1.807) is 13.0 Å². The quantitative estimate of drug-likeness (QED) is 0.634. The van der Waals surface area contributed by atoms with Crippen molar-refractivity contribution in [3.05, 3.63) is 53.8 Å². The van der Waals surface area contributed by atoms with E-state index in [4.69, 9.17) is 4.74 Å². The smallest absolute Gasteiger partial charge is 0.279 e. The fraction of sp³-hybridized carbons (Fsp3) is 0.391. The van der Waals surface area contributed by atoms with E-state index in [1.807, 2.05) is 12.1 Å². The van der Waals surface area contributed by atoms with E-state index >= 15 is 0 Å². The van der Waals surface area contributed by atoms with Gasteiger partial charge in [0.2, 0.25) is 5.91 Å². The van der Waals surface area contributed by atoms with E-state index in [-0.39, 0.29) is 11.7 Å². The second kappa shape index (κ2) is 7.96. The van der Waals surface area contributed by atoms with Crippen molar-refractivity contribution in [2.75, 3.05) is 0 Å². The highest BCUT2D eigenvalue weighted by atomic mass is 32.1. The molecule has 1 aromatic heterocycles. The lowest BCUT2D eigenvalue weighted by atomic mass is 9.97. The van der Waals surface area contributed by atoms with Gasteiger partial charge in [-0.05, 0) is 61.6 Å². The molecule has 2 aliphatic rings. The second-order valence-electron chi connectivity index (χ2n) is 8.20. The first-order chi connectivity index (χ1) is 14.5. The van der Waals surface area contributed by atoms with Crippen LogP contribution in [-0.4, -0.2) is 33.9 Å². The number of aromatic nitrogens is 1. The van der Waals surface area contributed by atoms with E-state index in [1.165, 1.54) is 29.0 Å². The van der Waals surface area contributed by atoms with Crippen molar-refractivity contribution in [1.29, 1.82) is 0 Å². The van der Waals surface area contributed by atoms with Crippen molar-refractivity contribution < 1.29 is 13.9 Å². The van der Waals surface area contributed by atoms with Crippen LogP contribution in [0.25, 0.3) is 10.2 Å². The number of amides is 1. The summed E-state index contributed by atoms with van der Waals surface area (Å²) in [5.74, 6) is 0.662. The zero-order chi connectivity index (χ0) is 20.7. The van der Waals surface area contributed by atoms with E-state index in [2.05, 4.69) is 27.3 Å². The molecule has 0 spiro atoms. The summed E-state index contributed by atoms with van der Waals surface area (Å²) in [7, 11) is 0. The van der Waals surface area contributed by atoms with Crippen molar-refractivity contribution in [2.45, 2.75) is 57.3 Å². The number of piperidine rings is 1. The van der Waals surface area contributed by atoms with Crippen LogP contribution < -0.4 is 10.1 Å². The Labute approximate surface area is 178 Å². The minimum Gasteiger partial charge on any atom is -0.431 e. The highest BCUT2D eigenvalue weighted by Crippen LogP contribution is 2.36. The summed E-state index contributed by atoms with van der Waals surface area (Å²) in [5.41, 5.74) is 1.93. The monoisotopic (exact) mass is 425 g/mol. The van der Waals surface area contributed by atoms with Gasteiger partial charge in [0.15, 0.2) is 0 Å². The van der Waals surface area contributed by atoms with Crippen LogP contribution in [0.3, 0.4) is 0 Å². The van der Waals surface area contributed by atoms with Crippen molar-refractivity contribution in [2.24, 2.45) is 0 Å². The van der Waals surface area contributed by atoms with Crippen LogP contribution >= 0.6 is 11.3 Å². The summed E-state index contributed by atoms with van der Waals surface area (Å²) in [6, 6.07) is 13.8. The van der Waals surface area contributed by atoms with Gasteiger partial charge in [-0.15, -0.1) is 0 Å². The molecular weight excluding hydrogens is 401 g/mol. The Morgan fingerprint density at radius 1 is 1.20 bits per heavy atom. The number of rotatable bonds is 5. The van der Waals surface area contributed by atoms with Gasteiger partial charge in [-0.1, -0.05) is 23.5 Å². The molecule has 3 heterocycles. The fourth-order valence-electron chi connectivity index (χ4n) is 4.82. The summed E-state index contributed by atoms with van der Waals surface area (Å²) >= 11 is 1.33. The number of halogens is 1. The van der Waals surface area contributed by atoms with Gasteiger partial charge in [-0.25, -0.2) is 9.37 Å². The first kappa shape index (κ1) is 19.5. The molecular formula is C23H24FN3O2S. The Kier molecular flexibility index (Phi) is 5.16. The largest absolute Gasteiger partial charge is 0.431 e. The Hall–Kier alpha value is -2.51. The Bertz CT molecular complexity index is 1050. The van der Waals surface area contributed by atoms with Crippen molar-refractivity contribution in [3.8, 4) is 10.9 Å². The minimum absolute atomic E-state index is 0.217. The molecule has 2 saturated heterocycles. The Morgan fingerprint density at radius 2 is 1.93 bits per heavy atom. The van der Waals surface area contributed by atoms with Crippen LogP contribution in [0.2, 0.25) is 0 Å². The standard InChI is InChI=1S/C23H24FN3O2S/c1-14(28)27-18-5-6-19(27)12-17(11-18)25-13-15-2-7-20(8-3-15)29-23-26-21-9-4-16(24)10-22(21)30-23/h2-4,7-10,17-19,25H,5-6,11-13H2,1H3/t17?,18-,19+. The highest BCUT2D eigenvalue weighted by Gasteiger charge is 2.41. The molecule has 3 atom stereocenters. The molecule has 7 heteroatoms. The molecule has 1 amide bonds. The van der Waals surface area contributed by atoms with Gasteiger partial charge in [0, 0.05) is 31.6 Å². The minimum atomic E-state index is -0.269. The van der Waals surface area contributed by atoms with Crippen LogP contribution in [0, 0.1) is 5.82 Å². The van der Waals surface area contributed by atoms with Gasteiger partial charge in [-0.3, -0.25) is 4.79 Å². The normalized spacial score (nSPS) is 23.1. The molecule has 30 heavy (non-hydrogen) atoms. The third-order valence-electron chi connectivity index (χ3n) is 6.15. The molecule has 2 bridgehead atoms.